The number of hydrogen-bond donors (Lipinski definition) is 1. The van der Waals surface area contributed by atoms with Crippen LogP contribution < -0.4 is 14.8 Å². The van der Waals surface area contributed by atoms with Gasteiger partial charge in [0.05, 0.1) is 37.5 Å². The summed E-state index contributed by atoms with van der Waals surface area (Å²) in [7, 11) is 5.19. The predicted octanol–water partition coefficient (Wildman–Crippen LogP) is 4.02. The first-order chi connectivity index (χ1) is 13.5. The highest BCUT2D eigenvalue weighted by Gasteiger charge is 2.16. The van der Waals surface area contributed by atoms with Gasteiger partial charge in [-0.05, 0) is 31.5 Å². The zero-order chi connectivity index (χ0) is 19.8. The SMILES string of the molecule is COc1cc2nc(C)nc(NC(C)c3cccc4c3cnn4C)c2cc1OC. The quantitative estimate of drug-likeness (QED) is 0.566. The van der Waals surface area contributed by atoms with Crippen molar-refractivity contribution < 1.29 is 9.47 Å². The molecule has 4 aromatic rings. The first-order valence-electron chi connectivity index (χ1n) is 9.09. The predicted molar refractivity (Wildman–Crippen MR) is 110 cm³/mol. The first-order valence-corrected chi connectivity index (χ1v) is 9.09. The average molecular weight is 377 g/mol. The third kappa shape index (κ3) is 2.98. The molecular weight excluding hydrogens is 354 g/mol. The molecule has 0 radical (unpaired) electrons. The number of anilines is 1. The van der Waals surface area contributed by atoms with Crippen LogP contribution in [0.5, 0.6) is 11.5 Å². The summed E-state index contributed by atoms with van der Waals surface area (Å²) < 4.78 is 12.8. The van der Waals surface area contributed by atoms with E-state index >= 15 is 0 Å². The molecule has 1 atom stereocenters. The molecule has 0 spiro atoms. The van der Waals surface area contributed by atoms with E-state index in [-0.39, 0.29) is 6.04 Å². The fourth-order valence-electron chi connectivity index (χ4n) is 3.54. The second-order valence-electron chi connectivity index (χ2n) is 6.76. The van der Waals surface area contributed by atoms with Crippen LogP contribution in [0.2, 0.25) is 0 Å². The molecule has 2 aromatic heterocycles. The van der Waals surface area contributed by atoms with Crippen LogP contribution in [0.1, 0.15) is 24.4 Å². The van der Waals surface area contributed by atoms with Crippen molar-refractivity contribution in [3.05, 3.63) is 47.9 Å². The highest BCUT2D eigenvalue weighted by molar-refractivity contribution is 5.92. The summed E-state index contributed by atoms with van der Waals surface area (Å²) >= 11 is 0. The van der Waals surface area contributed by atoms with Gasteiger partial charge >= 0.3 is 0 Å². The standard InChI is InChI=1S/C21H23N5O2/c1-12(14-7-6-8-18-16(14)11-22-26(18)3)23-21-15-9-19(27-4)20(28-5)10-17(15)24-13(2)25-21/h6-12H,1-5H3,(H,23,24,25). The van der Waals surface area contributed by atoms with Gasteiger partial charge in [0.15, 0.2) is 11.5 Å². The van der Waals surface area contributed by atoms with Gasteiger partial charge in [-0.25, -0.2) is 9.97 Å². The average Bonchev–Trinajstić information content (AvgIpc) is 3.08. The first kappa shape index (κ1) is 18.0. The summed E-state index contributed by atoms with van der Waals surface area (Å²) in [6.45, 7) is 4.00. The Morgan fingerprint density at radius 1 is 1.04 bits per heavy atom. The van der Waals surface area contributed by atoms with Crippen LogP contribution in [0.25, 0.3) is 21.8 Å². The van der Waals surface area contributed by atoms with E-state index < -0.39 is 0 Å². The second-order valence-corrected chi connectivity index (χ2v) is 6.76. The van der Waals surface area contributed by atoms with Gasteiger partial charge in [-0.3, -0.25) is 4.68 Å². The van der Waals surface area contributed by atoms with Gasteiger partial charge in [0.2, 0.25) is 0 Å². The van der Waals surface area contributed by atoms with Gasteiger partial charge in [-0.2, -0.15) is 5.10 Å². The Bertz CT molecular complexity index is 1170. The molecule has 0 saturated carbocycles. The van der Waals surface area contributed by atoms with E-state index in [4.69, 9.17) is 9.47 Å². The number of hydrogen-bond acceptors (Lipinski definition) is 6. The number of fused-ring (bicyclic) bond motifs is 2. The lowest BCUT2D eigenvalue weighted by atomic mass is 10.0. The molecule has 0 amide bonds. The number of nitrogens with one attached hydrogen (secondary N) is 1. The molecule has 0 aliphatic rings. The molecule has 0 aliphatic heterocycles. The fourth-order valence-corrected chi connectivity index (χ4v) is 3.54. The van der Waals surface area contributed by atoms with Crippen molar-refractivity contribution in [2.24, 2.45) is 7.05 Å². The Morgan fingerprint density at radius 2 is 1.79 bits per heavy atom. The van der Waals surface area contributed by atoms with E-state index in [1.54, 1.807) is 14.2 Å². The van der Waals surface area contributed by atoms with E-state index in [0.29, 0.717) is 17.3 Å². The summed E-state index contributed by atoms with van der Waals surface area (Å²) in [5, 5.41) is 9.94. The lowest BCUT2D eigenvalue weighted by Crippen LogP contribution is -2.10. The minimum absolute atomic E-state index is 0.0264. The van der Waals surface area contributed by atoms with Crippen molar-refractivity contribution >= 4 is 27.6 Å². The molecular formula is C21H23N5O2. The molecule has 0 bridgehead atoms. The van der Waals surface area contributed by atoms with Crippen LogP contribution in [0, 0.1) is 6.92 Å². The Balaban J connectivity index is 1.80. The number of aryl methyl sites for hydroxylation is 2. The largest absolute Gasteiger partial charge is 0.493 e. The molecule has 0 saturated heterocycles. The second kappa shape index (κ2) is 6.99. The topological polar surface area (TPSA) is 74.1 Å². The maximum absolute atomic E-state index is 5.46. The van der Waals surface area contributed by atoms with Crippen molar-refractivity contribution in [3.8, 4) is 11.5 Å². The van der Waals surface area contributed by atoms with Crippen molar-refractivity contribution in [1.82, 2.24) is 19.7 Å². The number of rotatable bonds is 5. The van der Waals surface area contributed by atoms with Gasteiger partial charge in [0.1, 0.15) is 11.6 Å². The zero-order valence-corrected chi connectivity index (χ0v) is 16.6. The molecule has 4 rings (SSSR count). The van der Waals surface area contributed by atoms with Gasteiger partial charge in [0, 0.05) is 23.9 Å². The maximum atomic E-state index is 5.46. The van der Waals surface area contributed by atoms with Crippen LogP contribution in [0.15, 0.2) is 36.5 Å². The van der Waals surface area contributed by atoms with Crippen LogP contribution in [0.3, 0.4) is 0 Å². The van der Waals surface area contributed by atoms with Gasteiger partial charge in [0.25, 0.3) is 0 Å². The summed E-state index contributed by atoms with van der Waals surface area (Å²) in [6.07, 6.45) is 1.90. The number of aromatic nitrogens is 4. The van der Waals surface area contributed by atoms with Crippen molar-refractivity contribution in [1.29, 1.82) is 0 Å². The molecule has 1 N–H and O–H groups in total. The maximum Gasteiger partial charge on any atom is 0.162 e. The minimum atomic E-state index is 0.0264. The lowest BCUT2D eigenvalue weighted by Gasteiger charge is -2.18. The van der Waals surface area contributed by atoms with E-state index in [2.05, 4.69) is 45.5 Å². The third-order valence-corrected chi connectivity index (χ3v) is 4.96. The summed E-state index contributed by atoms with van der Waals surface area (Å²) in [6, 6.07) is 10.0. The van der Waals surface area contributed by atoms with Crippen LogP contribution in [0.4, 0.5) is 5.82 Å². The zero-order valence-electron chi connectivity index (χ0n) is 16.6. The number of nitrogens with zero attached hydrogens (tertiary/aromatic N) is 4. The number of ether oxygens (including phenoxy) is 2. The van der Waals surface area contributed by atoms with Gasteiger partial charge in [-0.1, -0.05) is 12.1 Å². The molecule has 2 aromatic carbocycles. The normalized spacial score (nSPS) is 12.3. The molecule has 7 heteroatoms. The van der Waals surface area contributed by atoms with Crippen LogP contribution in [-0.2, 0) is 7.05 Å². The highest BCUT2D eigenvalue weighted by atomic mass is 16.5. The van der Waals surface area contributed by atoms with E-state index in [0.717, 1.165) is 33.2 Å². The molecule has 1 unspecified atom stereocenters. The molecule has 0 aliphatic carbocycles. The van der Waals surface area contributed by atoms with Crippen molar-refractivity contribution in [2.75, 3.05) is 19.5 Å². The monoisotopic (exact) mass is 377 g/mol. The Labute approximate surface area is 163 Å². The van der Waals surface area contributed by atoms with E-state index in [1.807, 2.05) is 37.0 Å². The van der Waals surface area contributed by atoms with E-state index in [9.17, 15) is 0 Å². The van der Waals surface area contributed by atoms with Gasteiger partial charge < -0.3 is 14.8 Å². The third-order valence-electron chi connectivity index (χ3n) is 4.96. The van der Waals surface area contributed by atoms with Crippen molar-refractivity contribution in [3.63, 3.8) is 0 Å². The molecule has 0 fully saturated rings. The Kier molecular flexibility index (Phi) is 4.50. The Morgan fingerprint density at radius 3 is 2.54 bits per heavy atom. The highest BCUT2D eigenvalue weighted by Crippen LogP contribution is 2.35. The van der Waals surface area contributed by atoms with Gasteiger partial charge in [-0.15, -0.1) is 0 Å². The minimum Gasteiger partial charge on any atom is -0.493 e. The van der Waals surface area contributed by atoms with Crippen LogP contribution in [-0.4, -0.2) is 34.0 Å². The molecule has 7 nitrogen and oxygen atoms in total. The van der Waals surface area contributed by atoms with Crippen molar-refractivity contribution in [2.45, 2.75) is 19.9 Å². The summed E-state index contributed by atoms with van der Waals surface area (Å²) in [5.41, 5.74) is 3.07. The lowest BCUT2D eigenvalue weighted by molar-refractivity contribution is 0.356. The summed E-state index contributed by atoms with van der Waals surface area (Å²) in [4.78, 5) is 9.20. The summed E-state index contributed by atoms with van der Waals surface area (Å²) in [5.74, 6) is 2.74. The Hall–Kier alpha value is -3.35. The smallest absolute Gasteiger partial charge is 0.162 e. The molecule has 2 heterocycles. The molecule has 28 heavy (non-hydrogen) atoms. The number of benzene rings is 2. The van der Waals surface area contributed by atoms with Crippen LogP contribution >= 0.6 is 0 Å². The fraction of sp³-hybridized carbons (Fsp3) is 0.286. The van der Waals surface area contributed by atoms with E-state index in [1.165, 1.54) is 0 Å². The molecule has 144 valence electrons. The number of methoxy groups -OCH3 is 2.